The number of nitrogens with zero attached hydrogens (tertiary/aromatic N) is 3. The Morgan fingerprint density at radius 3 is 2.63 bits per heavy atom. The van der Waals surface area contributed by atoms with Crippen LogP contribution in [0.15, 0.2) is 55.0 Å². The van der Waals surface area contributed by atoms with Crippen molar-refractivity contribution in [3.8, 4) is 0 Å². The van der Waals surface area contributed by atoms with E-state index < -0.39 is 0 Å². The highest BCUT2D eigenvalue weighted by Gasteiger charge is 1.99. The lowest BCUT2D eigenvalue weighted by molar-refractivity contribution is -0.105. The largest absolute Gasteiger partial charge is 0.382 e. The van der Waals surface area contributed by atoms with E-state index in [1.54, 1.807) is 6.20 Å². The third-order valence-electron chi connectivity index (χ3n) is 4.34. The highest BCUT2D eigenvalue weighted by Crippen LogP contribution is 2.16. The average molecular weight is 407 g/mol. The van der Waals surface area contributed by atoms with E-state index in [4.69, 9.17) is 5.73 Å². The minimum atomic E-state index is 0.472. The van der Waals surface area contributed by atoms with Crippen molar-refractivity contribution in [2.45, 2.75) is 46.1 Å². The van der Waals surface area contributed by atoms with E-state index in [0.29, 0.717) is 18.8 Å². The lowest BCUT2D eigenvalue weighted by atomic mass is 10.2. The number of carbonyl (C=O) groups is 1. The maximum absolute atomic E-state index is 10.4. The van der Waals surface area contributed by atoms with Crippen LogP contribution in [0.3, 0.4) is 0 Å². The molecule has 3 rings (SSSR count). The van der Waals surface area contributed by atoms with Crippen LogP contribution >= 0.6 is 0 Å². The zero-order chi connectivity index (χ0) is 21.6. The van der Waals surface area contributed by atoms with Gasteiger partial charge in [-0.05, 0) is 49.6 Å². The summed E-state index contributed by atoms with van der Waals surface area (Å²) in [6, 6.07) is 11.3. The van der Waals surface area contributed by atoms with Crippen molar-refractivity contribution in [2.24, 2.45) is 0 Å². The zero-order valence-electron chi connectivity index (χ0n) is 17.6. The van der Waals surface area contributed by atoms with Crippen LogP contribution in [0.1, 0.15) is 43.1 Å². The Hall–Kier alpha value is -3.48. The highest BCUT2D eigenvalue weighted by molar-refractivity contribution is 5.71. The first-order valence-corrected chi connectivity index (χ1v) is 10.1. The van der Waals surface area contributed by atoms with E-state index in [2.05, 4.69) is 32.5 Å². The van der Waals surface area contributed by atoms with E-state index in [1.807, 2.05) is 55.7 Å². The number of unbranched alkanes of at least 4 members (excludes halogenated alkanes) is 2. The molecule has 0 aliphatic rings. The predicted molar refractivity (Wildman–Crippen MR) is 122 cm³/mol. The van der Waals surface area contributed by atoms with Crippen LogP contribution in [0.2, 0.25) is 0 Å². The van der Waals surface area contributed by atoms with Crippen LogP contribution in [-0.2, 0) is 17.8 Å². The Labute approximate surface area is 178 Å². The molecule has 0 saturated heterocycles. The van der Waals surface area contributed by atoms with Gasteiger partial charge in [0.05, 0.1) is 17.1 Å². The number of nitrogens with two attached hydrogens (primary N) is 1. The van der Waals surface area contributed by atoms with Crippen molar-refractivity contribution in [3.05, 3.63) is 71.9 Å². The maximum Gasteiger partial charge on any atom is 0.211 e. The molecular formula is C23H30N6O. The Balaban J connectivity index is 0.000000232. The fourth-order valence-electron chi connectivity index (χ4n) is 2.71. The second-order valence-electron chi connectivity index (χ2n) is 6.86. The average Bonchev–Trinajstić information content (AvgIpc) is 2.76. The molecule has 0 spiro atoms. The molecular weight excluding hydrogens is 376 g/mol. The number of pyridine rings is 1. The molecule has 7 nitrogen and oxygen atoms in total. The summed E-state index contributed by atoms with van der Waals surface area (Å²) in [6.45, 7) is 4.79. The van der Waals surface area contributed by atoms with Gasteiger partial charge in [0.2, 0.25) is 6.41 Å². The maximum atomic E-state index is 10.4. The van der Waals surface area contributed by atoms with Gasteiger partial charge in [-0.3, -0.25) is 14.8 Å². The Morgan fingerprint density at radius 2 is 1.93 bits per heavy atom. The molecule has 0 aliphatic heterocycles. The Bertz CT molecular complexity index is 898. The molecule has 0 unspecified atom stereocenters. The number of nitrogens with one attached hydrogen (secondary N) is 2. The van der Waals surface area contributed by atoms with Crippen LogP contribution in [-0.4, -0.2) is 21.4 Å². The number of hydrogen-bond acceptors (Lipinski definition) is 6. The number of benzene rings is 1. The van der Waals surface area contributed by atoms with Crippen molar-refractivity contribution in [1.82, 2.24) is 15.0 Å². The minimum Gasteiger partial charge on any atom is -0.382 e. The lowest BCUT2D eigenvalue weighted by Gasteiger charge is -2.09. The molecule has 0 fully saturated rings. The fourth-order valence-corrected chi connectivity index (χ4v) is 2.71. The first-order valence-electron chi connectivity index (χ1n) is 10.1. The van der Waals surface area contributed by atoms with Crippen molar-refractivity contribution >= 4 is 23.6 Å². The summed E-state index contributed by atoms with van der Waals surface area (Å²) in [5, 5.41) is 5.81. The van der Waals surface area contributed by atoms with E-state index in [1.165, 1.54) is 19.3 Å². The van der Waals surface area contributed by atoms with Crippen LogP contribution in [0.4, 0.5) is 17.2 Å². The lowest BCUT2D eigenvalue weighted by Crippen LogP contribution is -2.04. The molecule has 0 saturated carbocycles. The molecule has 1 amide bonds. The quantitative estimate of drug-likeness (QED) is 0.360. The first kappa shape index (κ1) is 22.8. The number of hydrogen-bond donors (Lipinski definition) is 3. The molecule has 0 aliphatic carbocycles. The number of anilines is 3. The smallest absolute Gasteiger partial charge is 0.211 e. The normalized spacial score (nSPS) is 9.93. The highest BCUT2D eigenvalue weighted by atomic mass is 16.1. The van der Waals surface area contributed by atoms with Crippen LogP contribution in [0.5, 0.6) is 0 Å². The number of aromatic nitrogens is 3. The second-order valence-corrected chi connectivity index (χ2v) is 6.86. The minimum absolute atomic E-state index is 0.472. The van der Waals surface area contributed by atoms with E-state index >= 15 is 0 Å². The monoisotopic (exact) mass is 406 g/mol. The van der Waals surface area contributed by atoms with Gasteiger partial charge < -0.3 is 16.4 Å². The molecule has 2 aromatic heterocycles. The third-order valence-corrected chi connectivity index (χ3v) is 4.34. The van der Waals surface area contributed by atoms with Crippen LogP contribution < -0.4 is 16.4 Å². The van der Waals surface area contributed by atoms with Crippen molar-refractivity contribution in [1.29, 1.82) is 0 Å². The van der Waals surface area contributed by atoms with Crippen molar-refractivity contribution in [2.75, 3.05) is 16.4 Å². The molecule has 0 radical (unpaired) electrons. The van der Waals surface area contributed by atoms with E-state index in [-0.39, 0.29) is 0 Å². The number of amides is 1. The van der Waals surface area contributed by atoms with Gasteiger partial charge in [0.25, 0.3) is 0 Å². The SMILES string of the molecule is CCCCCc1cnc(C)cn1.Nc1ncccc1NCc1cccc(NC=O)c1. The topological polar surface area (TPSA) is 106 Å². The third kappa shape index (κ3) is 8.26. The number of carbonyl (C=O) groups excluding carboxylic acids is 1. The number of aryl methyl sites for hydroxylation is 2. The van der Waals surface area contributed by atoms with Crippen LogP contribution in [0, 0.1) is 6.92 Å². The van der Waals surface area contributed by atoms with Gasteiger partial charge in [0.1, 0.15) is 5.82 Å². The standard InChI is InChI=1S/C13H14N4O.C10H16N2/c14-13-12(5-2-6-15-13)16-8-10-3-1-4-11(7-10)17-9-18;1-3-4-5-6-10-8-11-9(2)7-12-10/h1-7,9,16H,8H2,(H2,14,15)(H,17,18);7-8H,3-6H2,1-2H3. The van der Waals surface area contributed by atoms with E-state index in [9.17, 15) is 4.79 Å². The summed E-state index contributed by atoms with van der Waals surface area (Å²) in [5.74, 6) is 0.472. The van der Waals surface area contributed by atoms with Gasteiger partial charge in [-0.15, -0.1) is 0 Å². The molecule has 30 heavy (non-hydrogen) atoms. The zero-order valence-corrected chi connectivity index (χ0v) is 17.6. The molecule has 0 bridgehead atoms. The van der Waals surface area contributed by atoms with Gasteiger partial charge >= 0.3 is 0 Å². The summed E-state index contributed by atoms with van der Waals surface area (Å²) in [4.78, 5) is 22.8. The second kappa shape index (κ2) is 12.9. The van der Waals surface area contributed by atoms with Gasteiger partial charge in [0, 0.05) is 30.8 Å². The van der Waals surface area contributed by atoms with Gasteiger partial charge in [-0.2, -0.15) is 0 Å². The van der Waals surface area contributed by atoms with E-state index in [0.717, 1.165) is 34.7 Å². The summed E-state index contributed by atoms with van der Waals surface area (Å²) in [5.41, 5.74) is 10.5. The van der Waals surface area contributed by atoms with Crippen molar-refractivity contribution in [3.63, 3.8) is 0 Å². The van der Waals surface area contributed by atoms with Gasteiger partial charge in [-0.1, -0.05) is 31.9 Å². The molecule has 7 heteroatoms. The van der Waals surface area contributed by atoms with Crippen molar-refractivity contribution < 1.29 is 4.79 Å². The van der Waals surface area contributed by atoms with Gasteiger partial charge in [-0.25, -0.2) is 4.98 Å². The predicted octanol–water partition coefficient (Wildman–Crippen LogP) is 4.36. The summed E-state index contributed by atoms with van der Waals surface area (Å²) in [6.07, 6.45) is 10.9. The molecule has 2 heterocycles. The first-order chi connectivity index (χ1) is 14.6. The molecule has 4 N–H and O–H groups in total. The van der Waals surface area contributed by atoms with Crippen LogP contribution in [0.25, 0.3) is 0 Å². The summed E-state index contributed by atoms with van der Waals surface area (Å²) in [7, 11) is 0. The van der Waals surface area contributed by atoms with Gasteiger partial charge in [0.15, 0.2) is 0 Å². The number of rotatable bonds is 9. The Kier molecular flexibility index (Phi) is 9.79. The Morgan fingerprint density at radius 1 is 1.07 bits per heavy atom. The molecule has 0 atom stereocenters. The molecule has 3 aromatic rings. The molecule has 1 aromatic carbocycles. The summed E-state index contributed by atoms with van der Waals surface area (Å²) >= 11 is 0. The fraction of sp³-hybridized carbons (Fsp3) is 0.304. The molecule has 158 valence electrons. The summed E-state index contributed by atoms with van der Waals surface area (Å²) < 4.78 is 0. The number of nitrogen functional groups attached to an aromatic ring is 1.